The summed E-state index contributed by atoms with van der Waals surface area (Å²) in [5, 5.41) is 2.87. The number of ether oxygens (including phenoxy) is 1. The fourth-order valence-corrected chi connectivity index (χ4v) is 2.52. The van der Waals surface area contributed by atoms with E-state index in [1.54, 1.807) is 24.5 Å². The third-order valence-corrected chi connectivity index (χ3v) is 3.74. The summed E-state index contributed by atoms with van der Waals surface area (Å²) in [7, 11) is 0. The maximum absolute atomic E-state index is 12.3. The van der Waals surface area contributed by atoms with Gasteiger partial charge in [0, 0.05) is 29.8 Å². The summed E-state index contributed by atoms with van der Waals surface area (Å²) in [6.45, 7) is 2.19. The van der Waals surface area contributed by atoms with Gasteiger partial charge in [0.1, 0.15) is 12.4 Å². The molecule has 0 saturated carbocycles. The number of rotatable bonds is 6. The van der Waals surface area contributed by atoms with Crippen molar-refractivity contribution in [2.75, 3.05) is 5.32 Å². The van der Waals surface area contributed by atoms with Crippen molar-refractivity contribution in [2.24, 2.45) is 5.73 Å². The zero-order chi connectivity index (χ0) is 19.2. The second kappa shape index (κ2) is 8.09. The first-order valence-corrected chi connectivity index (χ1v) is 8.21. The van der Waals surface area contributed by atoms with E-state index < -0.39 is 5.91 Å². The Kier molecular flexibility index (Phi) is 5.41. The van der Waals surface area contributed by atoms with Gasteiger partial charge in [-0.05, 0) is 48.4 Å². The number of pyridine rings is 2. The Labute approximate surface area is 156 Å². The Bertz CT molecular complexity index is 974. The number of aryl methyl sites for hydroxylation is 1. The molecule has 0 saturated heterocycles. The van der Waals surface area contributed by atoms with Crippen LogP contribution in [0.1, 0.15) is 31.8 Å². The molecular formula is C20H18N4O3. The van der Waals surface area contributed by atoms with Crippen LogP contribution in [0.25, 0.3) is 0 Å². The summed E-state index contributed by atoms with van der Waals surface area (Å²) in [6, 6.07) is 10.5. The van der Waals surface area contributed by atoms with Crippen LogP contribution in [-0.2, 0) is 6.61 Å². The molecule has 0 aliphatic carbocycles. The lowest BCUT2D eigenvalue weighted by Crippen LogP contribution is -2.12. The van der Waals surface area contributed by atoms with Crippen LogP contribution >= 0.6 is 0 Å². The second-order valence-electron chi connectivity index (χ2n) is 5.96. The van der Waals surface area contributed by atoms with Gasteiger partial charge in [-0.3, -0.25) is 19.6 Å². The van der Waals surface area contributed by atoms with E-state index >= 15 is 0 Å². The number of primary amides is 1. The van der Waals surface area contributed by atoms with Crippen LogP contribution in [0.3, 0.4) is 0 Å². The van der Waals surface area contributed by atoms with Crippen LogP contribution in [0.5, 0.6) is 5.75 Å². The number of anilines is 1. The number of aromatic nitrogens is 2. The number of carbonyl (C=O) groups is 2. The molecule has 0 fully saturated rings. The Morgan fingerprint density at radius 3 is 2.56 bits per heavy atom. The Hall–Kier alpha value is -3.74. The van der Waals surface area contributed by atoms with Crippen molar-refractivity contribution in [3.05, 3.63) is 83.4 Å². The molecule has 136 valence electrons. The van der Waals surface area contributed by atoms with Gasteiger partial charge in [-0.2, -0.15) is 0 Å². The van der Waals surface area contributed by atoms with Crippen molar-refractivity contribution in [1.82, 2.24) is 9.97 Å². The minimum absolute atomic E-state index is 0.215. The monoisotopic (exact) mass is 362 g/mol. The Morgan fingerprint density at radius 2 is 1.81 bits per heavy atom. The molecule has 2 aromatic heterocycles. The van der Waals surface area contributed by atoms with Crippen molar-refractivity contribution in [3.63, 3.8) is 0 Å². The average molecular weight is 362 g/mol. The van der Waals surface area contributed by atoms with Crippen molar-refractivity contribution in [2.45, 2.75) is 13.5 Å². The van der Waals surface area contributed by atoms with Gasteiger partial charge in [0.25, 0.3) is 5.91 Å². The summed E-state index contributed by atoms with van der Waals surface area (Å²) in [6.07, 6.45) is 6.03. The molecular weight excluding hydrogens is 344 g/mol. The predicted molar refractivity (Wildman–Crippen MR) is 100 cm³/mol. The van der Waals surface area contributed by atoms with E-state index in [9.17, 15) is 9.59 Å². The number of hydrogen-bond acceptors (Lipinski definition) is 5. The quantitative estimate of drug-likeness (QED) is 0.701. The molecule has 0 unspecified atom stereocenters. The summed E-state index contributed by atoms with van der Waals surface area (Å²) in [5.74, 6) is -0.340. The zero-order valence-electron chi connectivity index (χ0n) is 14.7. The largest absolute Gasteiger partial charge is 0.487 e. The van der Waals surface area contributed by atoms with E-state index in [-0.39, 0.29) is 18.1 Å². The van der Waals surface area contributed by atoms with Crippen LogP contribution in [0.4, 0.5) is 5.69 Å². The number of nitrogens with two attached hydrogens (primary N) is 1. The molecule has 2 amide bonds. The summed E-state index contributed by atoms with van der Waals surface area (Å²) >= 11 is 0. The molecule has 1 aromatic carbocycles. The average Bonchev–Trinajstić information content (AvgIpc) is 2.67. The van der Waals surface area contributed by atoms with Gasteiger partial charge in [0.2, 0.25) is 5.91 Å². The zero-order valence-corrected chi connectivity index (χ0v) is 14.7. The van der Waals surface area contributed by atoms with Gasteiger partial charge in [0.15, 0.2) is 0 Å². The number of nitrogens with zero attached hydrogens (tertiary/aromatic N) is 2. The van der Waals surface area contributed by atoms with Gasteiger partial charge in [-0.15, -0.1) is 0 Å². The number of nitrogens with one attached hydrogen (secondary N) is 1. The lowest BCUT2D eigenvalue weighted by molar-refractivity contribution is 0.0997. The molecule has 3 rings (SSSR count). The van der Waals surface area contributed by atoms with Crippen LogP contribution in [0.15, 0.2) is 61.2 Å². The molecule has 0 bridgehead atoms. The SMILES string of the molecule is Cc1cc(COc2cncc(C(N)=O)c2)cc(NC(=O)c2ccncc2)c1. The maximum atomic E-state index is 12.3. The van der Waals surface area contributed by atoms with E-state index in [2.05, 4.69) is 15.3 Å². The molecule has 0 atom stereocenters. The van der Waals surface area contributed by atoms with Crippen molar-refractivity contribution >= 4 is 17.5 Å². The molecule has 0 spiro atoms. The normalized spacial score (nSPS) is 10.3. The summed E-state index contributed by atoms with van der Waals surface area (Å²) in [5.41, 5.74) is 8.56. The molecule has 2 heterocycles. The van der Waals surface area contributed by atoms with Crippen LogP contribution in [0.2, 0.25) is 0 Å². The van der Waals surface area contributed by atoms with Crippen LogP contribution in [-0.4, -0.2) is 21.8 Å². The highest BCUT2D eigenvalue weighted by atomic mass is 16.5. The summed E-state index contributed by atoms with van der Waals surface area (Å²) < 4.78 is 5.69. The molecule has 3 aromatic rings. The highest BCUT2D eigenvalue weighted by Crippen LogP contribution is 2.18. The minimum atomic E-state index is -0.565. The first-order valence-electron chi connectivity index (χ1n) is 8.21. The molecule has 0 aliphatic heterocycles. The smallest absolute Gasteiger partial charge is 0.255 e. The van der Waals surface area contributed by atoms with E-state index in [1.807, 2.05) is 25.1 Å². The Morgan fingerprint density at radius 1 is 1.04 bits per heavy atom. The molecule has 27 heavy (non-hydrogen) atoms. The number of benzene rings is 1. The first-order chi connectivity index (χ1) is 13.0. The van der Waals surface area contributed by atoms with E-state index in [0.717, 1.165) is 11.1 Å². The first kappa shape index (κ1) is 18.1. The topological polar surface area (TPSA) is 107 Å². The molecule has 3 N–H and O–H groups in total. The van der Waals surface area contributed by atoms with Gasteiger partial charge in [0.05, 0.1) is 11.8 Å². The number of hydrogen-bond donors (Lipinski definition) is 2. The third kappa shape index (κ3) is 4.88. The fourth-order valence-electron chi connectivity index (χ4n) is 2.52. The van der Waals surface area contributed by atoms with E-state index in [4.69, 9.17) is 10.5 Å². The van der Waals surface area contributed by atoms with Crippen molar-refractivity contribution < 1.29 is 14.3 Å². The highest BCUT2D eigenvalue weighted by Gasteiger charge is 2.08. The highest BCUT2D eigenvalue weighted by molar-refractivity contribution is 6.04. The van der Waals surface area contributed by atoms with Gasteiger partial charge in [-0.25, -0.2) is 0 Å². The lowest BCUT2D eigenvalue weighted by atomic mass is 10.1. The van der Waals surface area contributed by atoms with E-state index in [1.165, 1.54) is 18.5 Å². The third-order valence-electron chi connectivity index (χ3n) is 3.74. The molecule has 7 heteroatoms. The van der Waals surface area contributed by atoms with Crippen molar-refractivity contribution in [3.8, 4) is 5.75 Å². The maximum Gasteiger partial charge on any atom is 0.255 e. The fraction of sp³-hybridized carbons (Fsp3) is 0.100. The second-order valence-corrected chi connectivity index (χ2v) is 5.96. The van der Waals surface area contributed by atoms with E-state index in [0.29, 0.717) is 17.0 Å². The predicted octanol–water partition coefficient (Wildman–Crippen LogP) is 2.72. The number of amides is 2. The Balaban J connectivity index is 1.71. The standard InChI is InChI=1S/C20H18N4O3/c1-13-6-14(12-27-18-9-16(19(21)25)10-23-11-18)8-17(7-13)24-20(26)15-2-4-22-5-3-15/h2-11H,12H2,1H3,(H2,21,25)(H,24,26). The summed E-state index contributed by atoms with van der Waals surface area (Å²) in [4.78, 5) is 31.4. The molecule has 0 radical (unpaired) electrons. The molecule has 0 aliphatic rings. The molecule has 7 nitrogen and oxygen atoms in total. The van der Waals surface area contributed by atoms with Crippen LogP contribution in [0, 0.1) is 6.92 Å². The number of carbonyl (C=O) groups excluding carboxylic acids is 2. The van der Waals surface area contributed by atoms with Gasteiger partial charge < -0.3 is 15.8 Å². The van der Waals surface area contributed by atoms with Gasteiger partial charge in [-0.1, -0.05) is 6.07 Å². The van der Waals surface area contributed by atoms with Gasteiger partial charge >= 0.3 is 0 Å². The van der Waals surface area contributed by atoms with Crippen LogP contribution < -0.4 is 15.8 Å². The van der Waals surface area contributed by atoms with Crippen molar-refractivity contribution in [1.29, 1.82) is 0 Å². The minimum Gasteiger partial charge on any atom is -0.487 e. The lowest BCUT2D eigenvalue weighted by Gasteiger charge is -2.11.